The molecule has 1 fully saturated rings. The average Bonchev–Trinajstić information content (AvgIpc) is 2.74. The van der Waals surface area contributed by atoms with Gasteiger partial charge in [0.1, 0.15) is 18.0 Å². The number of carbonyl (C=O) groups is 1. The summed E-state index contributed by atoms with van der Waals surface area (Å²) in [6, 6.07) is 8.86. The molecule has 3 aromatic heterocycles. The van der Waals surface area contributed by atoms with E-state index in [-0.39, 0.29) is 11.5 Å². The fourth-order valence-electron chi connectivity index (χ4n) is 4.54. The van der Waals surface area contributed by atoms with E-state index in [2.05, 4.69) is 19.9 Å². The van der Waals surface area contributed by atoms with Gasteiger partial charge < -0.3 is 20.9 Å². The third kappa shape index (κ3) is 3.18. The molecular weight excluding hydrogens is 382 g/mol. The highest BCUT2D eigenvalue weighted by molar-refractivity contribution is 5.92. The van der Waals surface area contributed by atoms with Crippen LogP contribution in [0.1, 0.15) is 28.4 Å². The number of hydrogen-bond donors (Lipinski definition) is 2. The van der Waals surface area contributed by atoms with Gasteiger partial charge in [-0.15, -0.1) is 0 Å². The molecular formula is C21H21N7O2. The van der Waals surface area contributed by atoms with Gasteiger partial charge >= 0.3 is 0 Å². The van der Waals surface area contributed by atoms with Gasteiger partial charge in [-0.05, 0) is 30.5 Å². The summed E-state index contributed by atoms with van der Waals surface area (Å²) in [4.78, 5) is 39.0. The van der Waals surface area contributed by atoms with Crippen molar-refractivity contribution in [3.05, 3.63) is 64.5 Å². The van der Waals surface area contributed by atoms with Gasteiger partial charge in [-0.3, -0.25) is 9.59 Å². The Morgan fingerprint density at radius 1 is 1.07 bits per heavy atom. The number of aromatic nitrogens is 4. The first-order chi connectivity index (χ1) is 14.5. The number of fused-ring (bicyclic) bond motifs is 4. The molecule has 0 spiro atoms. The van der Waals surface area contributed by atoms with E-state index in [1.54, 1.807) is 18.2 Å². The van der Waals surface area contributed by atoms with Crippen LogP contribution in [0.25, 0.3) is 11.3 Å². The maximum atomic E-state index is 12.8. The van der Waals surface area contributed by atoms with Crippen LogP contribution in [0.5, 0.6) is 0 Å². The predicted molar refractivity (Wildman–Crippen MR) is 112 cm³/mol. The second-order valence-electron chi connectivity index (χ2n) is 7.92. The molecule has 5 heterocycles. The SMILES string of the molecule is NC(=O)c1ccc(N2C[C@@H]3C[C@H](C2)c2cc(-c4cc(N)ncn4)cc(=O)n2C3)nc1. The largest absolute Gasteiger partial charge is 0.384 e. The van der Waals surface area contributed by atoms with Crippen molar-refractivity contribution >= 4 is 17.5 Å². The number of primary amides is 1. The van der Waals surface area contributed by atoms with E-state index in [1.165, 1.54) is 12.5 Å². The fourth-order valence-corrected chi connectivity index (χ4v) is 4.54. The lowest BCUT2D eigenvalue weighted by Gasteiger charge is -2.43. The highest BCUT2D eigenvalue weighted by Gasteiger charge is 2.35. The number of rotatable bonds is 3. The zero-order chi connectivity index (χ0) is 20.8. The Kier molecular flexibility index (Phi) is 4.23. The highest BCUT2D eigenvalue weighted by Crippen LogP contribution is 2.37. The highest BCUT2D eigenvalue weighted by atomic mass is 16.1. The quantitative estimate of drug-likeness (QED) is 0.666. The summed E-state index contributed by atoms with van der Waals surface area (Å²) < 4.78 is 1.88. The van der Waals surface area contributed by atoms with Gasteiger partial charge in [0, 0.05) is 55.1 Å². The normalized spacial score (nSPS) is 19.9. The summed E-state index contributed by atoms with van der Waals surface area (Å²) >= 11 is 0. The number of anilines is 2. The summed E-state index contributed by atoms with van der Waals surface area (Å²) in [7, 11) is 0. The summed E-state index contributed by atoms with van der Waals surface area (Å²) in [5.74, 6) is 1.24. The molecule has 0 saturated carbocycles. The molecule has 0 radical (unpaired) electrons. The molecule has 0 unspecified atom stereocenters. The number of pyridine rings is 2. The van der Waals surface area contributed by atoms with Gasteiger partial charge in [-0.2, -0.15) is 0 Å². The third-order valence-electron chi connectivity index (χ3n) is 5.90. The number of nitrogens with zero attached hydrogens (tertiary/aromatic N) is 5. The second-order valence-corrected chi connectivity index (χ2v) is 7.92. The first kappa shape index (κ1) is 18.3. The van der Waals surface area contributed by atoms with E-state index in [9.17, 15) is 9.59 Å². The van der Waals surface area contributed by atoms with Crippen LogP contribution in [-0.2, 0) is 6.54 Å². The van der Waals surface area contributed by atoms with Gasteiger partial charge in [-0.1, -0.05) is 0 Å². The summed E-state index contributed by atoms with van der Waals surface area (Å²) in [5.41, 5.74) is 13.9. The Balaban J connectivity index is 1.49. The Labute approximate surface area is 172 Å². The van der Waals surface area contributed by atoms with Crippen molar-refractivity contribution in [1.29, 1.82) is 0 Å². The lowest BCUT2D eigenvalue weighted by molar-refractivity contribution is 0.1000. The summed E-state index contributed by atoms with van der Waals surface area (Å²) in [6.07, 6.45) is 3.93. The zero-order valence-electron chi connectivity index (χ0n) is 16.2. The first-order valence-electron chi connectivity index (χ1n) is 9.81. The average molecular weight is 403 g/mol. The molecule has 2 atom stereocenters. The number of carbonyl (C=O) groups excluding carboxylic acids is 1. The molecule has 3 aromatic rings. The van der Waals surface area contributed by atoms with Crippen molar-refractivity contribution in [2.24, 2.45) is 11.7 Å². The monoisotopic (exact) mass is 403 g/mol. The summed E-state index contributed by atoms with van der Waals surface area (Å²) in [5, 5.41) is 0. The minimum atomic E-state index is -0.490. The number of amides is 1. The van der Waals surface area contributed by atoms with Crippen LogP contribution in [0.4, 0.5) is 11.6 Å². The van der Waals surface area contributed by atoms with Crippen LogP contribution in [0.2, 0.25) is 0 Å². The van der Waals surface area contributed by atoms with Crippen molar-refractivity contribution in [3.63, 3.8) is 0 Å². The molecule has 9 nitrogen and oxygen atoms in total. The van der Waals surface area contributed by atoms with E-state index in [1.807, 2.05) is 16.7 Å². The van der Waals surface area contributed by atoms with E-state index in [4.69, 9.17) is 11.5 Å². The molecule has 30 heavy (non-hydrogen) atoms. The lowest BCUT2D eigenvalue weighted by atomic mass is 9.82. The topological polar surface area (TPSA) is 133 Å². The van der Waals surface area contributed by atoms with Crippen molar-refractivity contribution in [2.45, 2.75) is 18.9 Å². The number of piperidine rings is 1. The van der Waals surface area contributed by atoms with Crippen LogP contribution in [0.3, 0.4) is 0 Å². The molecule has 2 aliphatic heterocycles. The van der Waals surface area contributed by atoms with Gasteiger partial charge in [0.05, 0.1) is 11.3 Å². The van der Waals surface area contributed by atoms with Crippen LogP contribution < -0.4 is 21.9 Å². The molecule has 9 heteroatoms. The van der Waals surface area contributed by atoms with Crippen molar-refractivity contribution in [2.75, 3.05) is 23.7 Å². The third-order valence-corrected chi connectivity index (χ3v) is 5.90. The minimum absolute atomic E-state index is 0.0215. The van der Waals surface area contributed by atoms with Gasteiger partial charge in [0.2, 0.25) is 5.91 Å². The standard InChI is InChI=1S/C21H21N7O2/c22-18-6-16(25-11-26-18)14-4-17-15-3-12(9-28(17)20(29)5-14)8-27(10-15)19-2-1-13(7-24-19)21(23)30/h1-2,4-7,11-12,15H,3,8-10H2,(H2,23,30)(H2,22,25,26)/t12-,15+/m0/s1. The van der Waals surface area contributed by atoms with E-state index >= 15 is 0 Å². The van der Waals surface area contributed by atoms with Crippen LogP contribution >= 0.6 is 0 Å². The molecule has 2 bridgehead atoms. The molecule has 1 amide bonds. The Morgan fingerprint density at radius 2 is 1.93 bits per heavy atom. The second kappa shape index (κ2) is 6.94. The van der Waals surface area contributed by atoms with Crippen LogP contribution in [0.15, 0.2) is 47.7 Å². The molecule has 0 aromatic carbocycles. The first-order valence-corrected chi connectivity index (χ1v) is 9.81. The number of hydrogen-bond acceptors (Lipinski definition) is 7. The Hall–Kier alpha value is -3.75. The van der Waals surface area contributed by atoms with Crippen molar-refractivity contribution < 1.29 is 4.79 Å². The van der Waals surface area contributed by atoms with E-state index < -0.39 is 5.91 Å². The molecule has 5 rings (SSSR count). The Bertz CT molecular complexity index is 1190. The van der Waals surface area contributed by atoms with Crippen LogP contribution in [-0.4, -0.2) is 38.5 Å². The Morgan fingerprint density at radius 3 is 2.67 bits per heavy atom. The van der Waals surface area contributed by atoms with Crippen LogP contribution in [0, 0.1) is 5.92 Å². The maximum absolute atomic E-state index is 12.8. The van der Waals surface area contributed by atoms with E-state index in [0.29, 0.717) is 29.5 Å². The predicted octanol–water partition coefficient (Wildman–Crippen LogP) is 1.01. The van der Waals surface area contributed by atoms with Crippen molar-refractivity contribution in [3.8, 4) is 11.3 Å². The minimum Gasteiger partial charge on any atom is -0.384 e. The van der Waals surface area contributed by atoms with Gasteiger partial charge in [0.25, 0.3) is 5.56 Å². The van der Waals surface area contributed by atoms with Crippen molar-refractivity contribution in [1.82, 2.24) is 19.5 Å². The number of nitrogens with two attached hydrogens (primary N) is 2. The lowest BCUT2D eigenvalue weighted by Crippen LogP contribution is -2.47. The molecule has 4 N–H and O–H groups in total. The smallest absolute Gasteiger partial charge is 0.251 e. The van der Waals surface area contributed by atoms with E-state index in [0.717, 1.165) is 36.6 Å². The molecule has 0 aliphatic carbocycles. The van der Waals surface area contributed by atoms with Gasteiger partial charge in [-0.25, -0.2) is 15.0 Å². The maximum Gasteiger partial charge on any atom is 0.251 e. The molecule has 1 saturated heterocycles. The number of nitrogen functional groups attached to an aromatic ring is 1. The summed E-state index contributed by atoms with van der Waals surface area (Å²) in [6.45, 7) is 2.23. The fraction of sp³-hybridized carbons (Fsp3) is 0.286. The zero-order valence-corrected chi connectivity index (χ0v) is 16.2. The molecule has 152 valence electrons. The van der Waals surface area contributed by atoms with Gasteiger partial charge in [0.15, 0.2) is 0 Å². The molecule has 2 aliphatic rings.